The van der Waals surface area contributed by atoms with Gasteiger partial charge < -0.3 is 0 Å². The summed E-state index contributed by atoms with van der Waals surface area (Å²) in [7, 11) is 0. The summed E-state index contributed by atoms with van der Waals surface area (Å²) in [6, 6.07) is 0. The molecule has 0 unspecified atom stereocenters. The van der Waals surface area contributed by atoms with Crippen LogP contribution in [-0.4, -0.2) is 6.11 Å². The standard InChI is InChI=1S/BH2.Fe.Mo.Nd/h1H2;;;/q+1;;-1;. The summed E-state index contributed by atoms with van der Waals surface area (Å²) >= 11 is 1.95. The van der Waals surface area contributed by atoms with Crippen molar-refractivity contribution in [3.63, 3.8) is 0 Å². The Balaban J connectivity index is -0.00000000500. The van der Waals surface area contributed by atoms with Crippen LogP contribution in [0.15, 0.2) is 0 Å². The maximum absolute atomic E-state index is 2.01. The van der Waals surface area contributed by atoms with Gasteiger partial charge >= 0.3 is 25.7 Å². The molecule has 0 nitrogen and oxygen atoms in total. The van der Waals surface area contributed by atoms with Gasteiger partial charge in [0.15, 0.2) is 0 Å². The maximum atomic E-state index is 2.01. The monoisotopic (exact) mass is 309 g/mol. The average molecular weight is 309 g/mol. The molecule has 0 fully saturated rings. The predicted molar refractivity (Wildman–Crippen MR) is 8.54 cm³/mol. The van der Waals surface area contributed by atoms with Crippen LogP contribution in [0.4, 0.5) is 0 Å². The molecule has 0 aliphatic carbocycles. The molecule has 0 radical (unpaired) electrons. The molecule has 0 amide bonds. The van der Waals surface area contributed by atoms with Crippen LogP contribution in [0, 0.1) is 40.8 Å². The van der Waals surface area contributed by atoms with Crippen LogP contribution >= 0.6 is 0 Å². The molecule has 0 heterocycles. The minimum atomic E-state index is 0. The van der Waals surface area contributed by atoms with Gasteiger partial charge in [-0.2, -0.15) is 0 Å². The van der Waals surface area contributed by atoms with Crippen molar-refractivity contribution in [2.45, 2.75) is 0 Å². The number of hydrogen-bond acceptors (Lipinski definition) is 0. The molecular formula is H2BFeMoNd. The zero-order chi connectivity index (χ0) is 2.00. The molecule has 0 saturated carbocycles. The molecule has 0 spiro atoms. The van der Waals surface area contributed by atoms with Gasteiger partial charge in [-0.05, 0) is 0 Å². The van der Waals surface area contributed by atoms with Crippen molar-refractivity contribution >= 4 is 6.11 Å². The van der Waals surface area contributed by atoms with E-state index in [1.807, 2.05) is 25.7 Å². The first-order chi connectivity index (χ1) is 1.00. The summed E-state index contributed by atoms with van der Waals surface area (Å²) < 4.78 is 0. The van der Waals surface area contributed by atoms with Crippen molar-refractivity contribution in [2.75, 3.05) is 0 Å². The predicted octanol–water partition coefficient (Wildman–Crippen LogP) is -0.921. The Morgan fingerprint density at radius 1 is 1.25 bits per heavy atom. The molecule has 0 saturated heterocycles. The van der Waals surface area contributed by atoms with E-state index in [1.54, 1.807) is 0 Å². The molecule has 0 aliphatic heterocycles. The average Bonchev–Trinajstić information content (AvgIpc) is 1.00. The van der Waals surface area contributed by atoms with Gasteiger partial charge in [-0.25, -0.2) is 0 Å². The molecule has 0 aromatic rings. The summed E-state index contributed by atoms with van der Waals surface area (Å²) in [5.41, 5.74) is 0. The van der Waals surface area contributed by atoms with Gasteiger partial charge in [0.2, 0.25) is 0 Å². The van der Waals surface area contributed by atoms with E-state index in [1.165, 1.54) is 0 Å². The largest absolute Gasteiger partial charge is 0 e. The van der Waals surface area contributed by atoms with Crippen LogP contribution in [0.25, 0.3) is 0 Å². The van der Waals surface area contributed by atoms with Gasteiger partial charge in [-0.1, -0.05) is 0 Å². The third-order valence-electron chi connectivity index (χ3n) is 0. The van der Waals surface area contributed by atoms with Crippen molar-refractivity contribution in [2.24, 2.45) is 0 Å². The van der Waals surface area contributed by atoms with E-state index in [0.29, 0.717) is 0 Å². The number of hydrogen-bond donors (Lipinski definition) is 0. The first kappa shape index (κ1) is 16.0. The van der Waals surface area contributed by atoms with E-state index >= 15 is 0 Å². The molecule has 0 aromatic carbocycles. The Bertz CT molecular complexity index is 8.00. The molecular weight excluding hydrogens is 307 g/mol. The van der Waals surface area contributed by atoms with E-state index in [9.17, 15) is 0 Å². The van der Waals surface area contributed by atoms with Gasteiger partial charge in [0.05, 0.1) is 0 Å². The molecule has 4 heteroatoms. The number of rotatable bonds is 0. The smallest absolute Gasteiger partial charge is 0 e. The van der Waals surface area contributed by atoms with Crippen molar-refractivity contribution in [1.82, 2.24) is 0 Å². The minimum Gasteiger partial charge on any atom is 0 e. The Kier molecular flexibility index (Phi) is 69.7. The molecule has 0 bridgehead atoms. The van der Waals surface area contributed by atoms with Crippen LogP contribution < -0.4 is 0 Å². The summed E-state index contributed by atoms with van der Waals surface area (Å²) in [5, 5.41) is 0. The van der Waals surface area contributed by atoms with Crippen molar-refractivity contribution in [1.29, 1.82) is 0 Å². The van der Waals surface area contributed by atoms with Crippen molar-refractivity contribution < 1.29 is 77.5 Å². The Morgan fingerprint density at radius 3 is 1.25 bits per heavy atom. The first-order valence-corrected chi connectivity index (χ1v) is 2.42. The topological polar surface area (TPSA) is 0 Å². The Labute approximate surface area is 82.0 Å². The van der Waals surface area contributed by atoms with E-state index < -0.39 is 0 Å². The van der Waals surface area contributed by atoms with Crippen LogP contribution in [0.2, 0.25) is 0 Å². The molecule has 0 aromatic heterocycles. The molecule has 0 atom stereocenters. The van der Waals surface area contributed by atoms with E-state index in [4.69, 9.17) is 0 Å². The van der Waals surface area contributed by atoms with E-state index in [2.05, 4.69) is 0 Å². The second-order valence-electron chi connectivity index (χ2n) is 0. The summed E-state index contributed by atoms with van der Waals surface area (Å²) in [6.07, 6.45) is 2.01. The quantitative estimate of drug-likeness (QED) is 0.508. The van der Waals surface area contributed by atoms with Gasteiger partial charge in [0.1, 0.15) is 0 Å². The Morgan fingerprint density at radius 2 is 1.25 bits per heavy atom. The zero-order valence-electron chi connectivity index (χ0n) is 2.26. The first-order valence-electron chi connectivity index (χ1n) is 0.408. The SMILES string of the molecule is [BH2][Mo].[Fe].[Nd]. The van der Waals surface area contributed by atoms with Crippen LogP contribution in [0.3, 0.4) is 0 Å². The zero-order valence-corrected chi connectivity index (χ0v) is 8.58. The molecule has 0 rings (SSSR count). The molecule has 23 valence electrons. The van der Waals surface area contributed by atoms with Crippen LogP contribution in [0.5, 0.6) is 0 Å². The summed E-state index contributed by atoms with van der Waals surface area (Å²) in [4.78, 5) is 0. The third-order valence-corrected chi connectivity index (χ3v) is 0. The summed E-state index contributed by atoms with van der Waals surface area (Å²) in [6.45, 7) is 0. The molecule has 0 aliphatic rings. The van der Waals surface area contributed by atoms with E-state index in [0.717, 1.165) is 0 Å². The van der Waals surface area contributed by atoms with Gasteiger partial charge in [0.25, 0.3) is 0 Å². The van der Waals surface area contributed by atoms with Crippen molar-refractivity contribution in [3.05, 3.63) is 0 Å². The van der Waals surface area contributed by atoms with Crippen molar-refractivity contribution in [3.8, 4) is 0 Å². The van der Waals surface area contributed by atoms with Crippen LogP contribution in [0.1, 0.15) is 0 Å². The summed E-state index contributed by atoms with van der Waals surface area (Å²) in [5.74, 6) is 0. The minimum absolute atomic E-state index is 0. The van der Waals surface area contributed by atoms with Gasteiger partial charge in [0, 0.05) is 57.9 Å². The fourth-order valence-electron chi connectivity index (χ4n) is 0. The molecule has 0 N–H and O–H groups in total. The normalized spacial score (nSPS) is 1.00. The third kappa shape index (κ3) is 8.82. The fraction of sp³-hybridized carbons (Fsp3) is 0. The molecule has 4 heavy (non-hydrogen) atoms. The van der Waals surface area contributed by atoms with Crippen LogP contribution in [-0.2, 0) is 36.7 Å². The van der Waals surface area contributed by atoms with E-state index in [-0.39, 0.29) is 57.9 Å². The maximum Gasteiger partial charge on any atom is 0 e. The second kappa shape index (κ2) is 17.5. The van der Waals surface area contributed by atoms with Gasteiger partial charge in [-0.3, -0.25) is 0 Å². The second-order valence-corrected chi connectivity index (χ2v) is 0. The van der Waals surface area contributed by atoms with Gasteiger partial charge in [-0.15, -0.1) is 0 Å². The Hall–Kier alpha value is 2.62. The fourth-order valence-corrected chi connectivity index (χ4v) is 0.